The number of benzene rings is 3. The molecule has 152 valence electrons. The lowest BCUT2D eigenvalue weighted by Gasteiger charge is -2.07. The van der Waals surface area contributed by atoms with E-state index >= 15 is 0 Å². The molecule has 0 radical (unpaired) electrons. The van der Waals surface area contributed by atoms with Gasteiger partial charge in [0.2, 0.25) is 0 Å². The fourth-order valence-corrected chi connectivity index (χ4v) is 4.38. The monoisotopic (exact) mass is 418 g/mol. The van der Waals surface area contributed by atoms with Gasteiger partial charge < -0.3 is 14.0 Å². The summed E-state index contributed by atoms with van der Waals surface area (Å²) in [5, 5.41) is 0. The molecule has 0 spiro atoms. The van der Waals surface area contributed by atoms with Crippen LogP contribution in [0.5, 0.6) is 11.5 Å². The second-order valence-corrected chi connectivity index (χ2v) is 7.82. The third-order valence-corrected chi connectivity index (χ3v) is 5.72. The molecule has 0 aliphatic rings. The lowest BCUT2D eigenvalue weighted by molar-refractivity contribution is 0.0997. The second kappa shape index (κ2) is 9.07. The van der Waals surface area contributed by atoms with Gasteiger partial charge in [0.1, 0.15) is 11.5 Å². The quantitative estimate of drug-likeness (QED) is 0.433. The average molecular weight is 419 g/mol. The highest BCUT2D eigenvalue weighted by atomic mass is 32.1. The van der Waals surface area contributed by atoms with Crippen molar-refractivity contribution in [3.05, 3.63) is 88.7 Å². The fourth-order valence-electron chi connectivity index (χ4n) is 3.25. The molecule has 5 nitrogen and oxygen atoms in total. The molecule has 0 unspecified atom stereocenters. The Hall–Kier alpha value is -3.22. The Morgan fingerprint density at radius 2 is 1.77 bits per heavy atom. The number of rotatable bonds is 6. The predicted octanol–water partition coefficient (Wildman–Crippen LogP) is 5.19. The molecule has 3 aromatic carbocycles. The highest BCUT2D eigenvalue weighted by Gasteiger charge is 2.11. The van der Waals surface area contributed by atoms with Gasteiger partial charge in [-0.1, -0.05) is 47.7 Å². The molecule has 6 heteroatoms. The average Bonchev–Trinajstić information content (AvgIpc) is 3.11. The SMILES string of the molecule is COCCn1c(=NC(=O)c2cccc(Oc3ccccc3)c2)sc2cccc(C)c21. The molecule has 4 aromatic rings. The van der Waals surface area contributed by atoms with E-state index in [0.717, 1.165) is 21.5 Å². The smallest absolute Gasteiger partial charge is 0.279 e. The summed E-state index contributed by atoms with van der Waals surface area (Å²) in [7, 11) is 1.67. The molecule has 0 saturated carbocycles. The van der Waals surface area contributed by atoms with Gasteiger partial charge in [-0.3, -0.25) is 4.79 Å². The number of carbonyl (C=O) groups excluding carboxylic acids is 1. The summed E-state index contributed by atoms with van der Waals surface area (Å²) in [6.07, 6.45) is 0. The van der Waals surface area contributed by atoms with Crippen molar-refractivity contribution in [1.29, 1.82) is 0 Å². The fraction of sp³-hybridized carbons (Fsp3) is 0.167. The molecule has 1 heterocycles. The van der Waals surface area contributed by atoms with E-state index in [9.17, 15) is 4.79 Å². The number of methoxy groups -OCH3 is 1. The van der Waals surface area contributed by atoms with E-state index < -0.39 is 0 Å². The number of aryl methyl sites for hydroxylation is 1. The van der Waals surface area contributed by atoms with Gasteiger partial charge in [-0.05, 0) is 48.9 Å². The first-order chi connectivity index (χ1) is 14.7. The Balaban J connectivity index is 1.70. The standard InChI is InChI=1S/C24H22N2O3S/c1-17-8-6-13-21-22(17)26(14-15-28-2)24(30-21)25-23(27)18-9-7-12-20(16-18)29-19-10-4-3-5-11-19/h3-13,16H,14-15H2,1-2H3. The molecule has 30 heavy (non-hydrogen) atoms. The van der Waals surface area contributed by atoms with Crippen LogP contribution in [0.15, 0.2) is 77.8 Å². The summed E-state index contributed by atoms with van der Waals surface area (Å²) in [6.45, 7) is 3.24. The molecule has 0 fully saturated rings. The number of thiazole rings is 1. The molecular weight excluding hydrogens is 396 g/mol. The highest BCUT2D eigenvalue weighted by Crippen LogP contribution is 2.23. The van der Waals surface area contributed by atoms with Crippen LogP contribution in [0.3, 0.4) is 0 Å². The molecule has 0 bridgehead atoms. The van der Waals surface area contributed by atoms with Crippen LogP contribution in [0.2, 0.25) is 0 Å². The Labute approximate surface area is 178 Å². The van der Waals surface area contributed by atoms with Gasteiger partial charge in [0, 0.05) is 19.2 Å². The maximum absolute atomic E-state index is 12.9. The third kappa shape index (κ3) is 4.35. The molecule has 0 saturated heterocycles. The number of carbonyl (C=O) groups is 1. The normalized spacial score (nSPS) is 11.7. The second-order valence-electron chi connectivity index (χ2n) is 6.81. The van der Waals surface area contributed by atoms with Crippen molar-refractivity contribution in [2.45, 2.75) is 13.5 Å². The summed E-state index contributed by atoms with van der Waals surface area (Å²) in [5.41, 5.74) is 2.72. The van der Waals surface area contributed by atoms with Crippen LogP contribution in [0.1, 0.15) is 15.9 Å². The van der Waals surface area contributed by atoms with Gasteiger partial charge in [-0.25, -0.2) is 0 Å². The number of amides is 1. The molecule has 0 atom stereocenters. The maximum atomic E-state index is 12.9. The predicted molar refractivity (Wildman–Crippen MR) is 119 cm³/mol. The molecule has 1 amide bonds. The van der Waals surface area contributed by atoms with E-state index in [1.807, 2.05) is 48.5 Å². The van der Waals surface area contributed by atoms with E-state index in [0.29, 0.717) is 29.3 Å². The number of aromatic nitrogens is 1. The lowest BCUT2D eigenvalue weighted by Crippen LogP contribution is -2.19. The van der Waals surface area contributed by atoms with Crippen LogP contribution in [0, 0.1) is 6.92 Å². The Bertz CT molecular complexity index is 1240. The van der Waals surface area contributed by atoms with Crippen molar-refractivity contribution in [3.63, 3.8) is 0 Å². The van der Waals surface area contributed by atoms with Gasteiger partial charge in [0.25, 0.3) is 5.91 Å². The van der Waals surface area contributed by atoms with E-state index in [1.54, 1.807) is 25.3 Å². The first-order valence-corrected chi connectivity index (χ1v) is 10.5. The van der Waals surface area contributed by atoms with E-state index in [1.165, 1.54) is 11.3 Å². The zero-order valence-electron chi connectivity index (χ0n) is 16.9. The van der Waals surface area contributed by atoms with Crippen molar-refractivity contribution in [1.82, 2.24) is 4.57 Å². The van der Waals surface area contributed by atoms with E-state index in [2.05, 4.69) is 22.5 Å². The highest BCUT2D eigenvalue weighted by molar-refractivity contribution is 7.16. The molecule has 0 aliphatic carbocycles. The number of ether oxygens (including phenoxy) is 2. The molecule has 4 rings (SSSR count). The van der Waals surface area contributed by atoms with E-state index in [4.69, 9.17) is 9.47 Å². The molecular formula is C24H22N2O3S. The van der Waals surface area contributed by atoms with Crippen molar-refractivity contribution < 1.29 is 14.3 Å². The zero-order chi connectivity index (χ0) is 20.9. The Morgan fingerprint density at radius 1 is 1.00 bits per heavy atom. The summed E-state index contributed by atoms with van der Waals surface area (Å²) in [5.74, 6) is 1.02. The Morgan fingerprint density at radius 3 is 2.57 bits per heavy atom. The number of fused-ring (bicyclic) bond motifs is 1. The summed E-state index contributed by atoms with van der Waals surface area (Å²) in [4.78, 5) is 18.0. The summed E-state index contributed by atoms with van der Waals surface area (Å²) >= 11 is 1.51. The molecule has 0 aliphatic heterocycles. The van der Waals surface area contributed by atoms with Crippen molar-refractivity contribution in [2.24, 2.45) is 4.99 Å². The minimum absolute atomic E-state index is 0.302. The van der Waals surface area contributed by atoms with Crippen LogP contribution in [0.4, 0.5) is 0 Å². The van der Waals surface area contributed by atoms with Crippen molar-refractivity contribution >= 4 is 27.5 Å². The van der Waals surface area contributed by atoms with Crippen LogP contribution < -0.4 is 9.54 Å². The number of hydrogen-bond acceptors (Lipinski definition) is 4. The van der Waals surface area contributed by atoms with Gasteiger partial charge >= 0.3 is 0 Å². The van der Waals surface area contributed by atoms with Crippen LogP contribution in [-0.4, -0.2) is 24.2 Å². The first-order valence-electron chi connectivity index (χ1n) is 9.65. The summed E-state index contributed by atoms with van der Waals surface area (Å²) < 4.78 is 14.3. The minimum atomic E-state index is -0.302. The first kappa shape index (κ1) is 20.1. The van der Waals surface area contributed by atoms with Gasteiger partial charge in [0.05, 0.1) is 16.8 Å². The van der Waals surface area contributed by atoms with E-state index in [-0.39, 0.29) is 5.91 Å². The maximum Gasteiger partial charge on any atom is 0.279 e. The summed E-state index contributed by atoms with van der Waals surface area (Å²) in [6, 6.07) is 22.7. The van der Waals surface area contributed by atoms with Gasteiger partial charge in [-0.2, -0.15) is 4.99 Å². The zero-order valence-corrected chi connectivity index (χ0v) is 17.7. The van der Waals surface area contributed by atoms with Gasteiger partial charge in [0.15, 0.2) is 4.80 Å². The lowest BCUT2D eigenvalue weighted by atomic mass is 10.2. The minimum Gasteiger partial charge on any atom is -0.457 e. The van der Waals surface area contributed by atoms with Crippen LogP contribution in [0.25, 0.3) is 10.2 Å². The molecule has 1 aromatic heterocycles. The number of para-hydroxylation sites is 2. The largest absolute Gasteiger partial charge is 0.457 e. The number of hydrogen-bond donors (Lipinski definition) is 0. The topological polar surface area (TPSA) is 52.8 Å². The van der Waals surface area contributed by atoms with Crippen LogP contribution >= 0.6 is 11.3 Å². The number of nitrogens with zero attached hydrogens (tertiary/aromatic N) is 2. The third-order valence-electron chi connectivity index (χ3n) is 4.68. The molecule has 0 N–H and O–H groups in total. The van der Waals surface area contributed by atoms with Crippen LogP contribution in [-0.2, 0) is 11.3 Å². The van der Waals surface area contributed by atoms with Crippen molar-refractivity contribution in [3.8, 4) is 11.5 Å². The Kier molecular flexibility index (Phi) is 6.07. The van der Waals surface area contributed by atoms with Gasteiger partial charge in [-0.15, -0.1) is 0 Å². The van der Waals surface area contributed by atoms with Crippen molar-refractivity contribution in [2.75, 3.05) is 13.7 Å².